The Kier molecular flexibility index (Phi) is 7.08. The molecule has 0 aliphatic rings. The highest BCUT2D eigenvalue weighted by atomic mass is 32.2. The van der Waals surface area contributed by atoms with E-state index in [-0.39, 0.29) is 17.5 Å². The lowest BCUT2D eigenvalue weighted by molar-refractivity contribution is 0.240. The summed E-state index contributed by atoms with van der Waals surface area (Å²) >= 11 is 0. The SMILES string of the molecule is Cc1ccc(CN(CCN(C)C)S(=O)(=O)c2ccc(OC(C)C)c(C)c2)o1. The standard InChI is InChI=1S/C20H30N2O4S/c1-15(2)25-20-10-9-19(13-16(20)3)27(23,24)22(12-11-21(5)6)14-18-8-7-17(4)26-18/h7-10,13,15H,11-12,14H2,1-6H3. The first-order chi connectivity index (χ1) is 12.6. The van der Waals surface area contributed by atoms with E-state index in [0.29, 0.717) is 24.6 Å². The van der Waals surface area contributed by atoms with Gasteiger partial charge in [0.15, 0.2) is 0 Å². The molecule has 0 aliphatic carbocycles. The van der Waals surface area contributed by atoms with Crippen LogP contribution in [0.3, 0.4) is 0 Å². The molecule has 2 rings (SSSR count). The number of ether oxygens (including phenoxy) is 1. The van der Waals surface area contributed by atoms with Gasteiger partial charge in [0.05, 0.1) is 17.5 Å². The Balaban J connectivity index is 2.32. The Morgan fingerprint density at radius 2 is 1.78 bits per heavy atom. The molecule has 1 aromatic carbocycles. The number of nitrogens with zero attached hydrogens (tertiary/aromatic N) is 2. The summed E-state index contributed by atoms with van der Waals surface area (Å²) in [6.07, 6.45) is 0.0324. The Labute approximate surface area is 162 Å². The fourth-order valence-electron chi connectivity index (χ4n) is 2.66. The summed E-state index contributed by atoms with van der Waals surface area (Å²) in [6.45, 7) is 8.78. The van der Waals surface area contributed by atoms with Crippen LogP contribution in [0.1, 0.15) is 30.9 Å². The molecule has 6 nitrogen and oxygen atoms in total. The first kappa shape index (κ1) is 21.5. The van der Waals surface area contributed by atoms with Gasteiger partial charge in [-0.1, -0.05) is 0 Å². The average Bonchev–Trinajstić information content (AvgIpc) is 2.97. The van der Waals surface area contributed by atoms with E-state index in [4.69, 9.17) is 9.15 Å². The van der Waals surface area contributed by atoms with Crippen LogP contribution in [0.15, 0.2) is 39.6 Å². The van der Waals surface area contributed by atoms with Crippen molar-refractivity contribution in [2.45, 2.75) is 45.2 Å². The molecule has 150 valence electrons. The van der Waals surface area contributed by atoms with Crippen LogP contribution in [0, 0.1) is 13.8 Å². The second-order valence-electron chi connectivity index (χ2n) is 7.25. The average molecular weight is 395 g/mol. The van der Waals surface area contributed by atoms with Gasteiger partial charge in [-0.25, -0.2) is 8.42 Å². The molecule has 0 bridgehead atoms. The highest BCUT2D eigenvalue weighted by molar-refractivity contribution is 7.89. The Morgan fingerprint density at radius 3 is 2.30 bits per heavy atom. The molecule has 0 unspecified atom stereocenters. The molecule has 0 N–H and O–H groups in total. The van der Waals surface area contributed by atoms with Crippen LogP contribution in [-0.2, 0) is 16.6 Å². The molecule has 0 fully saturated rings. The van der Waals surface area contributed by atoms with Gasteiger partial charge in [0.2, 0.25) is 10.0 Å². The number of benzene rings is 1. The molecule has 1 aromatic heterocycles. The van der Waals surface area contributed by atoms with E-state index in [1.54, 1.807) is 18.2 Å². The van der Waals surface area contributed by atoms with E-state index in [1.165, 1.54) is 4.31 Å². The molecule has 2 aromatic rings. The Bertz CT molecular complexity index is 857. The fourth-order valence-corrected chi connectivity index (χ4v) is 4.14. The Morgan fingerprint density at radius 1 is 1.07 bits per heavy atom. The molecule has 0 atom stereocenters. The predicted molar refractivity (Wildman–Crippen MR) is 107 cm³/mol. The number of sulfonamides is 1. The van der Waals surface area contributed by atoms with Gasteiger partial charge >= 0.3 is 0 Å². The van der Waals surface area contributed by atoms with Crippen LogP contribution in [0.25, 0.3) is 0 Å². The van der Waals surface area contributed by atoms with Gasteiger partial charge in [-0.05, 0) is 77.7 Å². The topological polar surface area (TPSA) is 63.0 Å². The van der Waals surface area contributed by atoms with Crippen molar-refractivity contribution < 1.29 is 17.6 Å². The molecule has 0 amide bonds. The van der Waals surface area contributed by atoms with Crippen LogP contribution >= 0.6 is 0 Å². The second kappa shape index (κ2) is 8.91. The van der Waals surface area contributed by atoms with Gasteiger partial charge in [-0.15, -0.1) is 0 Å². The van der Waals surface area contributed by atoms with Gasteiger partial charge in [-0.2, -0.15) is 4.31 Å². The van der Waals surface area contributed by atoms with Crippen LogP contribution in [0.4, 0.5) is 0 Å². The summed E-state index contributed by atoms with van der Waals surface area (Å²) in [5.41, 5.74) is 0.797. The van der Waals surface area contributed by atoms with Gasteiger partial charge in [-0.3, -0.25) is 0 Å². The lowest BCUT2D eigenvalue weighted by atomic mass is 10.2. The maximum atomic E-state index is 13.3. The quantitative estimate of drug-likeness (QED) is 0.652. The summed E-state index contributed by atoms with van der Waals surface area (Å²) in [4.78, 5) is 2.22. The minimum atomic E-state index is -3.66. The van der Waals surface area contributed by atoms with Crippen molar-refractivity contribution in [3.63, 3.8) is 0 Å². The second-order valence-corrected chi connectivity index (χ2v) is 9.19. The van der Waals surface area contributed by atoms with E-state index in [1.807, 2.05) is 58.8 Å². The number of aryl methyl sites for hydroxylation is 2. The van der Waals surface area contributed by atoms with Crippen molar-refractivity contribution >= 4 is 10.0 Å². The Hall–Kier alpha value is -1.83. The third-order valence-electron chi connectivity index (χ3n) is 4.07. The van der Waals surface area contributed by atoms with E-state index in [9.17, 15) is 8.42 Å². The van der Waals surface area contributed by atoms with Crippen molar-refractivity contribution in [3.8, 4) is 5.75 Å². The summed E-state index contributed by atoms with van der Waals surface area (Å²) in [5, 5.41) is 0. The lowest BCUT2D eigenvalue weighted by Crippen LogP contribution is -2.36. The van der Waals surface area contributed by atoms with Gasteiger partial charge in [0.1, 0.15) is 17.3 Å². The van der Waals surface area contributed by atoms with Gasteiger partial charge in [0, 0.05) is 13.1 Å². The first-order valence-corrected chi connectivity index (χ1v) is 10.5. The van der Waals surface area contributed by atoms with Crippen molar-refractivity contribution in [1.29, 1.82) is 0 Å². The molecule has 0 radical (unpaired) electrons. The van der Waals surface area contributed by atoms with Gasteiger partial charge < -0.3 is 14.1 Å². The highest BCUT2D eigenvalue weighted by Crippen LogP contribution is 2.26. The molecule has 7 heteroatoms. The summed E-state index contributed by atoms with van der Waals surface area (Å²) in [7, 11) is 0.179. The lowest BCUT2D eigenvalue weighted by Gasteiger charge is -2.23. The number of hydrogen-bond acceptors (Lipinski definition) is 5. The molecule has 0 aliphatic heterocycles. The molecular weight excluding hydrogens is 364 g/mol. The predicted octanol–water partition coefficient (Wildman–Crippen LogP) is 3.44. The summed E-state index contributed by atoms with van der Waals surface area (Å²) in [5.74, 6) is 2.10. The minimum Gasteiger partial charge on any atom is -0.491 e. The van der Waals surface area contributed by atoms with Crippen LogP contribution < -0.4 is 4.74 Å². The fraction of sp³-hybridized carbons (Fsp3) is 0.500. The van der Waals surface area contributed by atoms with E-state index in [2.05, 4.69) is 0 Å². The third-order valence-corrected chi connectivity index (χ3v) is 5.91. The molecule has 1 heterocycles. The van der Waals surface area contributed by atoms with Crippen molar-refractivity contribution in [3.05, 3.63) is 47.4 Å². The molecule has 0 saturated carbocycles. The largest absolute Gasteiger partial charge is 0.491 e. The number of likely N-dealkylation sites (N-methyl/N-ethyl adjacent to an activating group) is 1. The number of rotatable bonds is 9. The summed E-state index contributed by atoms with van der Waals surface area (Å²) in [6, 6.07) is 8.66. The molecule has 27 heavy (non-hydrogen) atoms. The van der Waals surface area contributed by atoms with Gasteiger partial charge in [0.25, 0.3) is 0 Å². The van der Waals surface area contributed by atoms with Crippen molar-refractivity contribution in [2.75, 3.05) is 27.2 Å². The maximum absolute atomic E-state index is 13.3. The monoisotopic (exact) mass is 394 g/mol. The maximum Gasteiger partial charge on any atom is 0.243 e. The first-order valence-electron chi connectivity index (χ1n) is 9.07. The molecular formula is C20H30N2O4S. The van der Waals surface area contributed by atoms with Crippen LogP contribution in [0.5, 0.6) is 5.75 Å². The zero-order valence-corrected chi connectivity index (χ0v) is 17.8. The smallest absolute Gasteiger partial charge is 0.243 e. The number of furan rings is 1. The highest BCUT2D eigenvalue weighted by Gasteiger charge is 2.26. The normalized spacial score (nSPS) is 12.3. The van der Waals surface area contributed by atoms with Crippen LogP contribution in [0.2, 0.25) is 0 Å². The zero-order chi connectivity index (χ0) is 20.2. The van der Waals surface area contributed by atoms with E-state index < -0.39 is 10.0 Å². The number of hydrogen-bond donors (Lipinski definition) is 0. The zero-order valence-electron chi connectivity index (χ0n) is 17.0. The van der Waals surface area contributed by atoms with Crippen molar-refractivity contribution in [2.24, 2.45) is 0 Å². The van der Waals surface area contributed by atoms with Crippen LogP contribution in [-0.4, -0.2) is 50.9 Å². The van der Waals surface area contributed by atoms with Crippen molar-refractivity contribution in [1.82, 2.24) is 9.21 Å². The minimum absolute atomic E-state index is 0.0324. The third kappa shape index (κ3) is 5.82. The summed E-state index contributed by atoms with van der Waals surface area (Å²) < 4.78 is 39.3. The molecule has 0 spiro atoms. The van der Waals surface area contributed by atoms with E-state index in [0.717, 1.165) is 11.3 Å². The molecule has 0 saturated heterocycles. The van der Waals surface area contributed by atoms with E-state index >= 15 is 0 Å².